The molecule has 4 rings (SSSR count). The maximum atomic E-state index is 14.2. The average molecular weight is 512 g/mol. The molecule has 12 heteroatoms. The van der Waals surface area contributed by atoms with Gasteiger partial charge in [0.1, 0.15) is 6.04 Å². The van der Waals surface area contributed by atoms with Gasteiger partial charge in [0.25, 0.3) is 0 Å². The van der Waals surface area contributed by atoms with Crippen molar-refractivity contribution in [3.05, 3.63) is 78.1 Å². The Kier molecular flexibility index (Phi) is 7.11. The van der Waals surface area contributed by atoms with Crippen molar-refractivity contribution in [3.63, 3.8) is 0 Å². The number of halogens is 3. The molecule has 0 saturated carbocycles. The summed E-state index contributed by atoms with van der Waals surface area (Å²) in [5.74, 6) is -1.76. The third-order valence-corrected chi connectivity index (χ3v) is 5.54. The highest BCUT2D eigenvalue weighted by molar-refractivity contribution is 5.73. The first kappa shape index (κ1) is 25.6. The van der Waals surface area contributed by atoms with E-state index in [1.54, 1.807) is 49.6 Å². The van der Waals surface area contributed by atoms with Gasteiger partial charge in [-0.3, -0.25) is 9.48 Å². The van der Waals surface area contributed by atoms with Gasteiger partial charge in [-0.15, -0.1) is 0 Å². The molecule has 2 atom stereocenters. The van der Waals surface area contributed by atoms with Gasteiger partial charge in [0.05, 0.1) is 11.9 Å². The monoisotopic (exact) mass is 512 g/mol. The Balaban J connectivity index is 1.66. The molecule has 0 bridgehead atoms. The fraction of sp³-hybridized carbons (Fsp3) is 0.200. The van der Waals surface area contributed by atoms with Crippen LogP contribution >= 0.6 is 0 Å². The molecule has 0 spiro atoms. The number of carbonyl (C=O) groups is 1. The summed E-state index contributed by atoms with van der Waals surface area (Å²) in [6.45, 7) is 0. The number of rotatable bonds is 8. The first-order valence-electron chi connectivity index (χ1n) is 11.0. The van der Waals surface area contributed by atoms with Gasteiger partial charge in [-0.05, 0) is 17.5 Å². The quantitative estimate of drug-likeness (QED) is 0.324. The van der Waals surface area contributed by atoms with Crippen LogP contribution in [0.3, 0.4) is 0 Å². The fourth-order valence-corrected chi connectivity index (χ4v) is 3.78. The number of benzene rings is 2. The number of carboxylic acids is 1. The third-order valence-electron chi connectivity index (χ3n) is 5.54. The lowest BCUT2D eigenvalue weighted by molar-refractivity contribution is -0.198. The molecular formula is C25H23F3N6O3. The van der Waals surface area contributed by atoms with Gasteiger partial charge in [0, 0.05) is 36.0 Å². The molecule has 0 amide bonds. The van der Waals surface area contributed by atoms with Crippen LogP contribution in [0.4, 0.5) is 19.1 Å². The normalized spacial score (nSPS) is 13.2. The number of nitrogens with two attached hydrogens (primary N) is 2. The molecule has 9 nitrogen and oxygen atoms in total. The van der Waals surface area contributed by atoms with Crippen molar-refractivity contribution in [2.45, 2.75) is 24.7 Å². The van der Waals surface area contributed by atoms with Crippen molar-refractivity contribution < 1.29 is 27.8 Å². The lowest BCUT2D eigenvalue weighted by Crippen LogP contribution is -2.32. The summed E-state index contributed by atoms with van der Waals surface area (Å²) in [4.78, 5) is 19.0. The molecular weight excluding hydrogens is 489 g/mol. The molecule has 0 radical (unpaired) electrons. The zero-order valence-electron chi connectivity index (χ0n) is 19.6. The molecule has 0 saturated heterocycles. The van der Waals surface area contributed by atoms with Crippen LogP contribution in [0.2, 0.25) is 0 Å². The van der Waals surface area contributed by atoms with E-state index in [9.17, 15) is 18.0 Å². The molecule has 2 aromatic heterocycles. The van der Waals surface area contributed by atoms with E-state index in [4.69, 9.17) is 21.3 Å². The number of carboxylic acid groups (broad SMARTS) is 1. The minimum absolute atomic E-state index is 0.110. The zero-order valence-corrected chi connectivity index (χ0v) is 19.6. The standard InChI is InChI=1S/C25H23F3N6O3/c1-34-13-16(12-31-34)17-4-2-3-5-18(17)22(25(26,27)28)37-21-11-20(32-24(30)33-21)15-8-6-14(7-9-15)10-19(29)23(35)36/h2-9,11-13,19,22H,10,29H2,1H3,(H,35,36)(H2,30,32,33). The van der Waals surface area contributed by atoms with E-state index >= 15 is 0 Å². The molecule has 2 heterocycles. The highest BCUT2D eigenvalue weighted by atomic mass is 19.4. The van der Waals surface area contributed by atoms with Gasteiger partial charge >= 0.3 is 12.1 Å². The Hall–Kier alpha value is -4.45. The predicted octanol–water partition coefficient (Wildman–Crippen LogP) is 3.76. The topological polar surface area (TPSA) is 142 Å². The largest absolute Gasteiger partial charge is 0.480 e. The van der Waals surface area contributed by atoms with Crippen molar-refractivity contribution in [1.29, 1.82) is 0 Å². The molecule has 37 heavy (non-hydrogen) atoms. The van der Waals surface area contributed by atoms with Crippen LogP contribution in [0.1, 0.15) is 17.2 Å². The van der Waals surface area contributed by atoms with Crippen molar-refractivity contribution >= 4 is 11.9 Å². The summed E-state index contributed by atoms with van der Waals surface area (Å²) >= 11 is 0. The Labute approximate surface area is 209 Å². The van der Waals surface area contributed by atoms with E-state index < -0.39 is 24.3 Å². The maximum Gasteiger partial charge on any atom is 0.429 e. The fourth-order valence-electron chi connectivity index (χ4n) is 3.78. The number of nitrogen functional groups attached to an aromatic ring is 1. The van der Waals surface area contributed by atoms with E-state index in [-0.39, 0.29) is 29.5 Å². The van der Waals surface area contributed by atoms with Gasteiger partial charge in [-0.2, -0.15) is 23.3 Å². The number of ether oxygens (including phenoxy) is 1. The summed E-state index contributed by atoms with van der Waals surface area (Å²) in [5, 5.41) is 13.0. The van der Waals surface area contributed by atoms with E-state index in [1.165, 1.54) is 29.1 Å². The highest BCUT2D eigenvalue weighted by Crippen LogP contribution is 2.41. The summed E-state index contributed by atoms with van der Waals surface area (Å²) in [5.41, 5.74) is 13.5. The molecule has 0 aliphatic rings. The van der Waals surface area contributed by atoms with E-state index in [2.05, 4.69) is 15.1 Å². The average Bonchev–Trinajstić information content (AvgIpc) is 3.28. The number of nitrogens with zero attached hydrogens (tertiary/aromatic N) is 4. The zero-order chi connectivity index (χ0) is 26.7. The molecule has 2 unspecified atom stereocenters. The summed E-state index contributed by atoms with van der Waals surface area (Å²) in [7, 11) is 1.67. The second kappa shape index (κ2) is 10.3. The lowest BCUT2D eigenvalue weighted by Gasteiger charge is -2.24. The van der Waals surface area contributed by atoms with Crippen LogP contribution in [-0.2, 0) is 18.3 Å². The van der Waals surface area contributed by atoms with Gasteiger partial charge in [-0.1, -0.05) is 48.5 Å². The second-order valence-electron chi connectivity index (χ2n) is 8.32. The summed E-state index contributed by atoms with van der Waals surface area (Å²) < 4.78 is 49.7. The van der Waals surface area contributed by atoms with Crippen LogP contribution in [0, 0.1) is 0 Å². The van der Waals surface area contributed by atoms with Gasteiger partial charge < -0.3 is 21.3 Å². The molecule has 192 valence electrons. The van der Waals surface area contributed by atoms with E-state index in [1.807, 2.05) is 0 Å². The first-order valence-corrected chi connectivity index (χ1v) is 11.0. The number of hydrogen-bond acceptors (Lipinski definition) is 7. The number of anilines is 1. The Bertz CT molecular complexity index is 1410. The Morgan fingerprint density at radius 3 is 2.43 bits per heavy atom. The van der Waals surface area contributed by atoms with Crippen molar-refractivity contribution in [2.75, 3.05) is 5.73 Å². The molecule has 4 aromatic rings. The molecule has 2 aromatic carbocycles. The van der Waals surface area contributed by atoms with Crippen LogP contribution in [0.5, 0.6) is 5.88 Å². The molecule has 0 aliphatic heterocycles. The van der Waals surface area contributed by atoms with Gasteiger partial charge in [0.2, 0.25) is 17.9 Å². The van der Waals surface area contributed by atoms with Crippen molar-refractivity contribution in [1.82, 2.24) is 19.7 Å². The summed E-state index contributed by atoms with van der Waals surface area (Å²) in [6.07, 6.45) is -3.92. The number of aliphatic carboxylic acids is 1. The van der Waals surface area contributed by atoms with Crippen LogP contribution in [-0.4, -0.2) is 43.0 Å². The maximum absolute atomic E-state index is 14.2. The molecule has 0 fully saturated rings. The minimum Gasteiger partial charge on any atom is -0.480 e. The van der Waals surface area contributed by atoms with Crippen LogP contribution in [0.25, 0.3) is 22.4 Å². The first-order chi connectivity index (χ1) is 17.5. The van der Waals surface area contributed by atoms with E-state index in [0.717, 1.165) is 0 Å². The van der Waals surface area contributed by atoms with Crippen molar-refractivity contribution in [3.8, 4) is 28.3 Å². The minimum atomic E-state index is -4.78. The third kappa shape index (κ3) is 6.04. The van der Waals surface area contributed by atoms with Gasteiger partial charge in [0.15, 0.2) is 0 Å². The number of aromatic nitrogens is 4. The number of alkyl halides is 3. The highest BCUT2D eigenvalue weighted by Gasteiger charge is 2.44. The SMILES string of the molecule is Cn1cc(-c2ccccc2C(Oc2cc(-c3ccc(CC(N)C(=O)O)cc3)nc(N)n2)C(F)(F)F)cn1. The second-order valence-corrected chi connectivity index (χ2v) is 8.32. The predicted molar refractivity (Wildman–Crippen MR) is 129 cm³/mol. The van der Waals surface area contributed by atoms with Crippen molar-refractivity contribution in [2.24, 2.45) is 12.8 Å². The molecule has 0 aliphatic carbocycles. The Morgan fingerprint density at radius 1 is 1.11 bits per heavy atom. The number of aryl methyl sites for hydroxylation is 1. The van der Waals surface area contributed by atoms with Gasteiger partial charge in [-0.25, -0.2) is 4.98 Å². The smallest absolute Gasteiger partial charge is 0.429 e. The Morgan fingerprint density at radius 2 is 1.81 bits per heavy atom. The number of hydrogen-bond donors (Lipinski definition) is 3. The lowest BCUT2D eigenvalue weighted by atomic mass is 9.98. The van der Waals surface area contributed by atoms with Crippen LogP contribution in [0.15, 0.2) is 67.0 Å². The van der Waals surface area contributed by atoms with E-state index in [0.29, 0.717) is 22.3 Å². The molecule has 5 N–H and O–H groups in total. The summed E-state index contributed by atoms with van der Waals surface area (Å²) in [6, 6.07) is 12.8. The van der Waals surface area contributed by atoms with Crippen LogP contribution < -0.4 is 16.2 Å².